The molecule has 7 nitrogen and oxygen atoms in total. The molecular weight excluding hydrogens is 493 g/mol. The number of benzene rings is 1. The molecule has 0 spiro atoms. The number of methoxy groups -OCH3 is 2. The van der Waals surface area contributed by atoms with E-state index in [0.29, 0.717) is 6.04 Å². The van der Waals surface area contributed by atoms with E-state index >= 15 is 0 Å². The van der Waals surface area contributed by atoms with Crippen molar-refractivity contribution in [2.75, 3.05) is 74.2 Å². The molecular formula is C22H40IN5O2. The topological polar surface area (TPSA) is 61.4 Å². The molecule has 1 saturated heterocycles. The summed E-state index contributed by atoms with van der Waals surface area (Å²) in [7, 11) is 7.41. The predicted molar refractivity (Wildman–Crippen MR) is 135 cm³/mol. The van der Waals surface area contributed by atoms with Crippen LogP contribution in [0.5, 0.6) is 5.75 Å². The summed E-state index contributed by atoms with van der Waals surface area (Å²) in [5.41, 5.74) is 1.32. The quantitative estimate of drug-likeness (QED) is 0.187. The highest BCUT2D eigenvalue weighted by atomic mass is 127. The van der Waals surface area contributed by atoms with E-state index in [1.165, 1.54) is 18.4 Å². The summed E-state index contributed by atoms with van der Waals surface area (Å²) in [6.45, 7) is 6.80. The summed E-state index contributed by atoms with van der Waals surface area (Å²) in [6.07, 6.45) is 3.61. The van der Waals surface area contributed by atoms with Crippen LogP contribution in [0.1, 0.15) is 30.9 Å². The number of guanidine groups is 1. The molecule has 8 heteroatoms. The van der Waals surface area contributed by atoms with Gasteiger partial charge in [0.1, 0.15) is 5.75 Å². The molecule has 0 aliphatic carbocycles. The van der Waals surface area contributed by atoms with Crippen LogP contribution in [0, 0.1) is 0 Å². The Morgan fingerprint density at radius 1 is 1.13 bits per heavy atom. The van der Waals surface area contributed by atoms with Gasteiger partial charge in [-0.2, -0.15) is 0 Å². The van der Waals surface area contributed by atoms with Crippen LogP contribution in [0.15, 0.2) is 29.3 Å². The molecule has 1 aromatic rings. The molecule has 1 aliphatic rings. The Morgan fingerprint density at radius 2 is 1.83 bits per heavy atom. The molecule has 2 N–H and O–H groups in total. The normalized spacial score (nSPS) is 15.7. The minimum Gasteiger partial charge on any atom is -0.497 e. The predicted octanol–water partition coefficient (Wildman–Crippen LogP) is 2.58. The van der Waals surface area contributed by atoms with Crippen LogP contribution in [0.2, 0.25) is 0 Å². The Balaban J connectivity index is 0.00000450. The van der Waals surface area contributed by atoms with Gasteiger partial charge >= 0.3 is 0 Å². The minimum atomic E-state index is 0. The summed E-state index contributed by atoms with van der Waals surface area (Å²) in [6, 6.07) is 8.78. The number of nitrogens with zero attached hydrogens (tertiary/aromatic N) is 3. The maximum Gasteiger partial charge on any atom is 0.191 e. The Bertz CT molecular complexity index is 594. The van der Waals surface area contributed by atoms with E-state index in [2.05, 4.69) is 44.6 Å². The van der Waals surface area contributed by atoms with Crippen LogP contribution in [0.4, 0.5) is 0 Å². The van der Waals surface area contributed by atoms with Crippen molar-refractivity contribution in [1.82, 2.24) is 20.4 Å². The van der Waals surface area contributed by atoms with Gasteiger partial charge in [0, 0.05) is 33.8 Å². The third-order valence-corrected chi connectivity index (χ3v) is 5.45. The van der Waals surface area contributed by atoms with Gasteiger partial charge in [-0.05, 0) is 63.6 Å². The molecule has 1 aromatic carbocycles. The van der Waals surface area contributed by atoms with Gasteiger partial charge in [0.25, 0.3) is 0 Å². The van der Waals surface area contributed by atoms with E-state index in [4.69, 9.17) is 9.47 Å². The van der Waals surface area contributed by atoms with E-state index in [9.17, 15) is 0 Å². The first-order valence-electron chi connectivity index (χ1n) is 10.7. The first-order chi connectivity index (χ1) is 14.2. The Morgan fingerprint density at radius 3 is 2.43 bits per heavy atom. The fourth-order valence-electron chi connectivity index (χ4n) is 3.67. The van der Waals surface area contributed by atoms with Crippen LogP contribution in [0.25, 0.3) is 0 Å². The van der Waals surface area contributed by atoms with Crippen molar-refractivity contribution in [3.8, 4) is 5.75 Å². The van der Waals surface area contributed by atoms with Gasteiger partial charge in [-0.15, -0.1) is 24.0 Å². The minimum absolute atomic E-state index is 0. The van der Waals surface area contributed by atoms with E-state index in [0.717, 1.165) is 64.0 Å². The second-order valence-electron chi connectivity index (χ2n) is 7.56. The fraction of sp³-hybridized carbons (Fsp3) is 0.682. The van der Waals surface area contributed by atoms with Gasteiger partial charge in [-0.1, -0.05) is 12.1 Å². The van der Waals surface area contributed by atoms with Crippen molar-refractivity contribution in [3.05, 3.63) is 29.8 Å². The van der Waals surface area contributed by atoms with E-state index < -0.39 is 0 Å². The van der Waals surface area contributed by atoms with Crippen LogP contribution in [0.3, 0.4) is 0 Å². The number of likely N-dealkylation sites (tertiary alicyclic amines) is 1. The summed E-state index contributed by atoms with van der Waals surface area (Å²) >= 11 is 0. The van der Waals surface area contributed by atoms with Gasteiger partial charge < -0.3 is 25.0 Å². The summed E-state index contributed by atoms with van der Waals surface area (Å²) < 4.78 is 10.4. The number of hydrogen-bond acceptors (Lipinski definition) is 5. The fourth-order valence-corrected chi connectivity index (χ4v) is 3.67. The molecule has 0 amide bonds. The summed E-state index contributed by atoms with van der Waals surface area (Å²) in [5.74, 6) is 1.76. The van der Waals surface area contributed by atoms with Crippen molar-refractivity contribution >= 4 is 29.9 Å². The highest BCUT2D eigenvalue weighted by molar-refractivity contribution is 14.0. The van der Waals surface area contributed by atoms with Crippen molar-refractivity contribution in [1.29, 1.82) is 0 Å². The number of likely N-dealkylation sites (N-methyl/N-ethyl adjacent to an activating group) is 1. The molecule has 0 bridgehead atoms. The monoisotopic (exact) mass is 533 g/mol. The molecule has 172 valence electrons. The van der Waals surface area contributed by atoms with Gasteiger partial charge in [-0.3, -0.25) is 9.89 Å². The molecule has 1 aliphatic heterocycles. The molecule has 1 atom stereocenters. The molecule has 0 radical (unpaired) electrons. The zero-order valence-corrected chi connectivity index (χ0v) is 21.4. The lowest BCUT2D eigenvalue weighted by Crippen LogP contribution is -2.43. The second-order valence-corrected chi connectivity index (χ2v) is 7.56. The lowest BCUT2D eigenvalue weighted by atomic mass is 10.1. The molecule has 2 rings (SSSR count). The van der Waals surface area contributed by atoms with E-state index in [-0.39, 0.29) is 24.0 Å². The molecule has 30 heavy (non-hydrogen) atoms. The van der Waals surface area contributed by atoms with Gasteiger partial charge in [0.15, 0.2) is 5.96 Å². The van der Waals surface area contributed by atoms with Crippen molar-refractivity contribution in [3.63, 3.8) is 0 Å². The van der Waals surface area contributed by atoms with Gasteiger partial charge in [-0.25, -0.2) is 0 Å². The Hall–Kier alpha value is -1.10. The van der Waals surface area contributed by atoms with Gasteiger partial charge in [0.05, 0.1) is 19.8 Å². The zero-order chi connectivity index (χ0) is 20.9. The van der Waals surface area contributed by atoms with Crippen molar-refractivity contribution in [2.45, 2.75) is 25.3 Å². The first kappa shape index (κ1) is 26.9. The largest absolute Gasteiger partial charge is 0.497 e. The number of rotatable bonds is 12. The van der Waals surface area contributed by atoms with E-state index in [1.807, 2.05) is 19.2 Å². The SMILES string of the molecule is CN=C(NCCCN(C)CCOC)NCC(c1ccc(OC)cc1)N1CCCC1.I. The molecule has 1 heterocycles. The molecule has 1 fully saturated rings. The number of halogens is 1. The third kappa shape index (κ3) is 9.36. The van der Waals surface area contributed by atoms with Gasteiger partial charge in [0.2, 0.25) is 0 Å². The molecule has 1 unspecified atom stereocenters. The number of nitrogens with one attached hydrogen (secondary N) is 2. The van der Waals surface area contributed by atoms with Crippen LogP contribution in [-0.4, -0.2) is 89.9 Å². The maximum absolute atomic E-state index is 5.31. The number of aliphatic imine (C=N–C) groups is 1. The lowest BCUT2D eigenvalue weighted by molar-refractivity contribution is 0.161. The molecule has 0 aromatic heterocycles. The second kappa shape index (κ2) is 15.7. The average Bonchev–Trinajstić information content (AvgIpc) is 3.28. The standard InChI is InChI=1S/C22H39N5O2.HI/c1-23-22(24-12-7-13-26(2)16-17-28-3)25-18-21(27-14-5-6-15-27)19-8-10-20(29-4)11-9-19;/h8-11,21H,5-7,12-18H2,1-4H3,(H2,23,24,25);1H. The van der Waals surface area contributed by atoms with E-state index in [1.54, 1.807) is 14.2 Å². The zero-order valence-electron chi connectivity index (χ0n) is 19.0. The smallest absolute Gasteiger partial charge is 0.191 e. The Kier molecular flexibility index (Phi) is 14.1. The lowest BCUT2D eigenvalue weighted by Gasteiger charge is -2.29. The van der Waals surface area contributed by atoms with Crippen LogP contribution >= 0.6 is 24.0 Å². The number of hydrogen-bond donors (Lipinski definition) is 2. The highest BCUT2D eigenvalue weighted by Crippen LogP contribution is 2.26. The Labute approximate surface area is 199 Å². The van der Waals surface area contributed by atoms with Crippen LogP contribution < -0.4 is 15.4 Å². The highest BCUT2D eigenvalue weighted by Gasteiger charge is 2.23. The molecule has 0 saturated carbocycles. The summed E-state index contributed by atoms with van der Waals surface area (Å²) in [4.78, 5) is 9.24. The average molecular weight is 533 g/mol. The maximum atomic E-state index is 5.31. The third-order valence-electron chi connectivity index (χ3n) is 5.45. The van der Waals surface area contributed by atoms with Crippen molar-refractivity contribution < 1.29 is 9.47 Å². The van der Waals surface area contributed by atoms with Crippen LogP contribution in [-0.2, 0) is 4.74 Å². The van der Waals surface area contributed by atoms with Crippen molar-refractivity contribution in [2.24, 2.45) is 4.99 Å². The number of ether oxygens (including phenoxy) is 2. The first-order valence-corrected chi connectivity index (χ1v) is 10.7. The summed E-state index contributed by atoms with van der Waals surface area (Å²) in [5, 5.41) is 6.97.